The lowest BCUT2D eigenvalue weighted by molar-refractivity contribution is 0.180. The molecule has 0 aliphatic heterocycles. The molecule has 0 N–H and O–H groups in total. The van der Waals surface area contributed by atoms with Gasteiger partial charge in [-0.3, -0.25) is 4.57 Å². The first kappa shape index (κ1) is 19.3. The minimum atomic E-state index is -3.80. The Balaban J connectivity index is 5.02. The topological polar surface area (TPSA) is 35.5 Å². The molecule has 0 aromatic rings. The first-order valence-electron chi connectivity index (χ1n) is 5.91. The van der Waals surface area contributed by atoms with Crippen molar-refractivity contribution in [2.45, 2.75) is 48.7 Å². The Morgan fingerprint density at radius 3 is 1.94 bits per heavy atom. The molecule has 2 atom stereocenters. The summed E-state index contributed by atoms with van der Waals surface area (Å²) in [5.41, 5.74) is 0. The van der Waals surface area contributed by atoms with E-state index in [9.17, 15) is 8.96 Å². The second kappa shape index (κ2) is 7.32. The van der Waals surface area contributed by atoms with Crippen molar-refractivity contribution in [1.29, 1.82) is 0 Å². The molecule has 0 aliphatic carbocycles. The summed E-state index contributed by atoms with van der Waals surface area (Å²) in [4.78, 5) is 0. The molecule has 0 heterocycles. The highest BCUT2D eigenvalue weighted by Crippen LogP contribution is 2.66. The quantitative estimate of drug-likeness (QED) is 0.299. The summed E-state index contributed by atoms with van der Waals surface area (Å²) in [7, 11) is -5.38. The van der Waals surface area contributed by atoms with Crippen LogP contribution >= 0.6 is 39.5 Å². The van der Waals surface area contributed by atoms with Gasteiger partial charge in [0.1, 0.15) is 0 Å². The molecule has 0 fully saturated rings. The molecule has 8 heteroatoms. The molecule has 110 valence electrons. The van der Waals surface area contributed by atoms with Gasteiger partial charge in [-0.1, -0.05) is 35.6 Å². The monoisotopic (exact) mass is 426 g/mol. The summed E-state index contributed by atoms with van der Waals surface area (Å²) in [6.07, 6.45) is 0.0556. The van der Waals surface area contributed by atoms with E-state index in [1.807, 2.05) is 0 Å². The van der Waals surface area contributed by atoms with E-state index < -0.39 is 20.0 Å². The number of halogens is 3. The van der Waals surface area contributed by atoms with Crippen molar-refractivity contribution in [2.24, 2.45) is 0 Å². The summed E-state index contributed by atoms with van der Waals surface area (Å²) in [6.45, 7) is 9.96. The van der Waals surface area contributed by atoms with Gasteiger partial charge in [0.2, 0.25) is 0 Å². The lowest BCUT2D eigenvalue weighted by atomic mass is 10.5. The minimum absolute atomic E-state index is 0.0244. The van der Waals surface area contributed by atoms with Gasteiger partial charge < -0.3 is 9.05 Å². The molecule has 0 rings (SSSR count). The second-order valence-corrected chi connectivity index (χ2v) is 16.5. The standard InChI is InChI=1S/C10H22Br2FO3PSi/c1-6-15-17(14,16-7-2)10(12,13)8-9(11)18(3,4)5/h9H,6-8H2,1-5H3. The van der Waals surface area contributed by atoms with Crippen molar-refractivity contribution in [2.75, 3.05) is 13.2 Å². The van der Waals surface area contributed by atoms with Gasteiger partial charge in [0.05, 0.1) is 21.3 Å². The molecule has 0 bridgehead atoms. The van der Waals surface area contributed by atoms with Crippen molar-refractivity contribution < 1.29 is 18.0 Å². The van der Waals surface area contributed by atoms with E-state index in [0.717, 1.165) is 0 Å². The lowest BCUT2D eigenvalue weighted by Gasteiger charge is -2.32. The molecule has 0 saturated carbocycles. The van der Waals surface area contributed by atoms with Gasteiger partial charge >= 0.3 is 7.60 Å². The van der Waals surface area contributed by atoms with Crippen LogP contribution in [-0.4, -0.2) is 30.1 Å². The first-order chi connectivity index (χ1) is 8.00. The van der Waals surface area contributed by atoms with E-state index >= 15 is 0 Å². The molecule has 3 nitrogen and oxygen atoms in total. The van der Waals surface area contributed by atoms with E-state index in [1.54, 1.807) is 13.8 Å². The lowest BCUT2D eigenvalue weighted by Crippen LogP contribution is -2.38. The van der Waals surface area contributed by atoms with Crippen molar-refractivity contribution in [3.8, 4) is 0 Å². The van der Waals surface area contributed by atoms with Crippen LogP contribution in [0.25, 0.3) is 0 Å². The molecule has 18 heavy (non-hydrogen) atoms. The van der Waals surface area contributed by atoms with Crippen LogP contribution in [0.4, 0.5) is 4.39 Å². The van der Waals surface area contributed by atoms with E-state index in [2.05, 4.69) is 51.5 Å². The summed E-state index contributed by atoms with van der Waals surface area (Å²) in [6, 6.07) is 0. The van der Waals surface area contributed by atoms with Crippen molar-refractivity contribution in [1.82, 2.24) is 0 Å². The third-order valence-corrected chi connectivity index (χ3v) is 12.7. The van der Waals surface area contributed by atoms with Crippen LogP contribution in [0.15, 0.2) is 0 Å². The van der Waals surface area contributed by atoms with Gasteiger partial charge in [0.15, 0.2) is 0 Å². The maximum absolute atomic E-state index is 14.7. The Morgan fingerprint density at radius 2 is 1.67 bits per heavy atom. The maximum atomic E-state index is 14.7. The molecule has 0 spiro atoms. The van der Waals surface area contributed by atoms with Crippen LogP contribution in [0.2, 0.25) is 19.6 Å². The number of hydrogen-bond acceptors (Lipinski definition) is 3. The Hall–Kier alpha value is 1.26. The van der Waals surface area contributed by atoms with Crippen LogP contribution in [0.3, 0.4) is 0 Å². The third-order valence-electron chi connectivity index (χ3n) is 2.36. The third kappa shape index (κ3) is 5.33. The van der Waals surface area contributed by atoms with E-state index in [1.165, 1.54) is 0 Å². The van der Waals surface area contributed by atoms with Gasteiger partial charge in [0.25, 0.3) is 4.32 Å². The Kier molecular flexibility index (Phi) is 7.83. The minimum Gasteiger partial charge on any atom is -0.306 e. The highest BCUT2D eigenvalue weighted by Gasteiger charge is 2.52. The first-order valence-corrected chi connectivity index (χ1v) is 12.7. The average Bonchev–Trinajstić information content (AvgIpc) is 2.15. The van der Waals surface area contributed by atoms with Crippen LogP contribution in [0.1, 0.15) is 20.3 Å². The fourth-order valence-electron chi connectivity index (χ4n) is 1.20. The zero-order chi connectivity index (χ0) is 14.6. The van der Waals surface area contributed by atoms with E-state index in [-0.39, 0.29) is 24.1 Å². The number of hydrogen-bond donors (Lipinski definition) is 0. The van der Waals surface area contributed by atoms with Crippen molar-refractivity contribution in [3.63, 3.8) is 0 Å². The summed E-state index contributed by atoms with van der Waals surface area (Å²) >= 11 is 6.40. The van der Waals surface area contributed by atoms with Gasteiger partial charge in [-0.25, -0.2) is 4.39 Å². The molecular formula is C10H22Br2FO3PSi. The normalized spacial score (nSPS) is 18.4. The Labute approximate surface area is 127 Å². The second-order valence-electron chi connectivity index (χ2n) is 5.04. The smallest absolute Gasteiger partial charge is 0.306 e. The molecular weight excluding hydrogens is 406 g/mol. The largest absolute Gasteiger partial charge is 0.378 e. The van der Waals surface area contributed by atoms with E-state index in [4.69, 9.17) is 9.05 Å². The number of alkyl halides is 3. The molecule has 0 saturated heterocycles. The highest BCUT2D eigenvalue weighted by atomic mass is 79.9. The fourth-order valence-corrected chi connectivity index (χ4v) is 6.17. The maximum Gasteiger partial charge on any atom is 0.378 e. The summed E-state index contributed by atoms with van der Waals surface area (Å²) in [5, 5.41) is 0. The predicted molar refractivity (Wildman–Crippen MR) is 84.3 cm³/mol. The fraction of sp³-hybridized carbons (Fsp3) is 1.00. The van der Waals surface area contributed by atoms with Crippen molar-refractivity contribution in [3.05, 3.63) is 0 Å². The molecule has 0 aromatic carbocycles. The van der Waals surface area contributed by atoms with Crippen LogP contribution in [-0.2, 0) is 13.6 Å². The SMILES string of the molecule is CCOP(=O)(OCC)C(F)(Br)CC(Br)[Si](C)(C)C. The van der Waals surface area contributed by atoms with Gasteiger partial charge in [-0.15, -0.1) is 0 Å². The predicted octanol–water partition coefficient (Wildman–Crippen LogP) is 5.30. The van der Waals surface area contributed by atoms with E-state index in [0.29, 0.717) is 0 Å². The summed E-state index contributed by atoms with van der Waals surface area (Å²) in [5.74, 6) is 0. The highest BCUT2D eigenvalue weighted by molar-refractivity contribution is 9.11. The Morgan fingerprint density at radius 1 is 1.28 bits per heavy atom. The van der Waals surface area contributed by atoms with Crippen LogP contribution < -0.4 is 0 Å². The molecule has 0 radical (unpaired) electrons. The zero-order valence-corrected chi connectivity index (χ0v) is 16.6. The van der Waals surface area contributed by atoms with Gasteiger partial charge in [0, 0.05) is 10.9 Å². The van der Waals surface area contributed by atoms with Gasteiger partial charge in [-0.2, -0.15) is 0 Å². The summed E-state index contributed by atoms with van der Waals surface area (Å²) < 4.78 is 35.0. The molecule has 0 aromatic heterocycles. The Bertz CT molecular complexity index is 300. The van der Waals surface area contributed by atoms with Gasteiger partial charge in [-0.05, 0) is 29.8 Å². The number of rotatable bonds is 8. The molecule has 0 amide bonds. The van der Waals surface area contributed by atoms with Crippen molar-refractivity contribution >= 4 is 47.5 Å². The molecule has 2 unspecified atom stereocenters. The molecule has 0 aliphatic rings. The van der Waals surface area contributed by atoms with Crippen LogP contribution in [0, 0.1) is 0 Å². The zero-order valence-electron chi connectivity index (χ0n) is 11.5. The van der Waals surface area contributed by atoms with Crippen LogP contribution in [0.5, 0.6) is 0 Å². The average molecular weight is 428 g/mol.